The molecule has 0 bridgehead atoms. The number of nitrogens with one attached hydrogen (secondary N) is 1. The van der Waals surface area contributed by atoms with E-state index in [1.807, 2.05) is 24.3 Å². The van der Waals surface area contributed by atoms with Crippen molar-refractivity contribution >= 4 is 26.4 Å². The van der Waals surface area contributed by atoms with Crippen LogP contribution in [0.25, 0.3) is 10.9 Å². The maximum absolute atomic E-state index is 11.9. The molecule has 1 N–H and O–H groups in total. The number of para-hydroxylation sites is 1. The van der Waals surface area contributed by atoms with Crippen molar-refractivity contribution in [2.45, 2.75) is 13.0 Å². The first-order valence-corrected chi connectivity index (χ1v) is 8.37. The Hall–Kier alpha value is -1.82. The zero-order chi connectivity index (χ0) is 14.9. The molecule has 0 saturated carbocycles. The molecule has 0 aliphatic carbocycles. The second-order valence-electron chi connectivity index (χ2n) is 5.11. The Morgan fingerprint density at radius 2 is 1.95 bits per heavy atom. The number of aromatic nitrogens is 1. The third-order valence-electron chi connectivity index (χ3n) is 3.11. The summed E-state index contributed by atoms with van der Waals surface area (Å²) in [5.41, 5.74) is 1.35. The molecule has 0 radical (unpaired) electrons. The van der Waals surface area contributed by atoms with Crippen LogP contribution in [0.4, 0.5) is 5.69 Å². The third kappa shape index (κ3) is 3.19. The highest BCUT2D eigenvalue weighted by Gasteiger charge is 2.13. The Kier molecular flexibility index (Phi) is 3.85. The summed E-state index contributed by atoms with van der Waals surface area (Å²) in [5.74, 6) is 0.0243. The van der Waals surface area contributed by atoms with Gasteiger partial charge in [0.2, 0.25) is 0 Å². The van der Waals surface area contributed by atoms with Gasteiger partial charge in [0.1, 0.15) is 9.84 Å². The van der Waals surface area contributed by atoms with Crippen LogP contribution in [0.15, 0.2) is 35.1 Å². The molecule has 1 aromatic heterocycles. The van der Waals surface area contributed by atoms with Crippen LogP contribution in [0.5, 0.6) is 0 Å². The number of rotatable bonds is 4. The molecule has 1 aromatic carbocycles. The summed E-state index contributed by atoms with van der Waals surface area (Å²) in [6, 6.07) is 8.76. The fourth-order valence-corrected chi connectivity index (χ4v) is 3.28. The number of hydrogen-bond acceptors (Lipinski definition) is 4. The molecule has 0 fully saturated rings. The highest BCUT2D eigenvalue weighted by Crippen LogP contribution is 2.21. The van der Waals surface area contributed by atoms with E-state index in [0.717, 1.165) is 10.9 Å². The maximum atomic E-state index is 11.9. The van der Waals surface area contributed by atoms with Gasteiger partial charge in [-0.05, 0) is 13.0 Å². The van der Waals surface area contributed by atoms with E-state index < -0.39 is 9.84 Å². The van der Waals surface area contributed by atoms with Gasteiger partial charge in [-0.3, -0.25) is 4.79 Å². The van der Waals surface area contributed by atoms with Gasteiger partial charge in [0, 0.05) is 36.5 Å². The number of sulfone groups is 1. The van der Waals surface area contributed by atoms with Gasteiger partial charge in [-0.25, -0.2) is 8.42 Å². The topological polar surface area (TPSA) is 68.2 Å². The second-order valence-corrected chi connectivity index (χ2v) is 7.30. The van der Waals surface area contributed by atoms with Crippen molar-refractivity contribution in [1.29, 1.82) is 0 Å². The molecule has 2 aromatic rings. The first-order valence-electron chi connectivity index (χ1n) is 6.31. The summed E-state index contributed by atoms with van der Waals surface area (Å²) < 4.78 is 24.2. The van der Waals surface area contributed by atoms with Crippen LogP contribution in [0.1, 0.15) is 6.92 Å². The van der Waals surface area contributed by atoms with Crippen LogP contribution >= 0.6 is 0 Å². The van der Waals surface area contributed by atoms with Crippen molar-refractivity contribution in [2.24, 2.45) is 7.05 Å². The number of pyridine rings is 1. The second kappa shape index (κ2) is 5.28. The number of nitrogens with zero attached hydrogens (tertiary/aromatic N) is 1. The number of fused-ring (bicyclic) bond motifs is 1. The monoisotopic (exact) mass is 294 g/mol. The van der Waals surface area contributed by atoms with E-state index in [1.165, 1.54) is 12.3 Å². The minimum absolute atomic E-state index is 0.0243. The summed E-state index contributed by atoms with van der Waals surface area (Å²) in [6.07, 6.45) is 1.20. The van der Waals surface area contributed by atoms with Gasteiger partial charge < -0.3 is 9.88 Å². The quantitative estimate of drug-likeness (QED) is 0.925. The van der Waals surface area contributed by atoms with E-state index in [4.69, 9.17) is 0 Å². The number of aryl methyl sites for hydroxylation is 1. The highest BCUT2D eigenvalue weighted by molar-refractivity contribution is 7.90. The van der Waals surface area contributed by atoms with Crippen molar-refractivity contribution in [1.82, 2.24) is 4.57 Å². The molecule has 0 spiro atoms. The van der Waals surface area contributed by atoms with Crippen LogP contribution in [-0.4, -0.2) is 31.0 Å². The summed E-state index contributed by atoms with van der Waals surface area (Å²) in [7, 11) is -1.34. The lowest BCUT2D eigenvalue weighted by Crippen LogP contribution is -2.26. The van der Waals surface area contributed by atoms with E-state index in [-0.39, 0.29) is 17.4 Å². The van der Waals surface area contributed by atoms with Crippen molar-refractivity contribution in [3.63, 3.8) is 0 Å². The Morgan fingerprint density at radius 3 is 2.60 bits per heavy atom. The third-order valence-corrected chi connectivity index (χ3v) is 4.21. The fourth-order valence-electron chi connectivity index (χ4n) is 2.29. The molecule has 0 aliphatic rings. The molecule has 0 saturated heterocycles. The lowest BCUT2D eigenvalue weighted by molar-refractivity contribution is 0.598. The molecule has 5 nitrogen and oxygen atoms in total. The lowest BCUT2D eigenvalue weighted by atomic mass is 10.1. The number of anilines is 1. The lowest BCUT2D eigenvalue weighted by Gasteiger charge is -2.17. The van der Waals surface area contributed by atoms with Gasteiger partial charge in [-0.2, -0.15) is 0 Å². The first kappa shape index (κ1) is 14.6. The maximum Gasteiger partial charge on any atom is 0.252 e. The molecule has 0 amide bonds. The Morgan fingerprint density at radius 1 is 1.30 bits per heavy atom. The van der Waals surface area contributed by atoms with Gasteiger partial charge >= 0.3 is 0 Å². The number of benzene rings is 1. The minimum atomic E-state index is -3.06. The molecular formula is C14H18N2O3S. The number of hydrogen-bond donors (Lipinski definition) is 1. The van der Waals surface area contributed by atoms with Crippen molar-refractivity contribution < 1.29 is 8.42 Å². The summed E-state index contributed by atoms with van der Waals surface area (Å²) in [4.78, 5) is 11.9. The van der Waals surface area contributed by atoms with Crippen LogP contribution < -0.4 is 10.9 Å². The van der Waals surface area contributed by atoms with E-state index in [0.29, 0.717) is 5.69 Å². The van der Waals surface area contributed by atoms with Gasteiger partial charge in [-0.15, -0.1) is 0 Å². The Bertz CT molecular complexity index is 794. The predicted molar refractivity (Wildman–Crippen MR) is 82.0 cm³/mol. The smallest absolute Gasteiger partial charge is 0.252 e. The summed E-state index contributed by atoms with van der Waals surface area (Å²) >= 11 is 0. The van der Waals surface area contributed by atoms with Crippen molar-refractivity contribution in [3.8, 4) is 0 Å². The standard InChI is InChI=1S/C14H18N2O3S/c1-10(9-20(3,18)19)15-12-8-14(17)16(2)13-7-5-4-6-11(12)13/h4-8,10,15H,9H2,1-3H3. The molecule has 108 valence electrons. The van der Waals surface area contributed by atoms with Crippen molar-refractivity contribution in [2.75, 3.05) is 17.3 Å². The Balaban J connectivity index is 2.45. The molecule has 1 heterocycles. The van der Waals surface area contributed by atoms with E-state index in [2.05, 4.69) is 5.32 Å². The molecule has 20 heavy (non-hydrogen) atoms. The largest absolute Gasteiger partial charge is 0.381 e. The normalized spacial score (nSPS) is 13.3. The van der Waals surface area contributed by atoms with Gasteiger partial charge in [-0.1, -0.05) is 18.2 Å². The van der Waals surface area contributed by atoms with E-state index >= 15 is 0 Å². The van der Waals surface area contributed by atoms with Crippen molar-refractivity contribution in [3.05, 3.63) is 40.7 Å². The molecule has 6 heteroatoms. The zero-order valence-electron chi connectivity index (χ0n) is 11.8. The highest BCUT2D eigenvalue weighted by atomic mass is 32.2. The predicted octanol–water partition coefficient (Wildman–Crippen LogP) is 1.38. The van der Waals surface area contributed by atoms with E-state index in [9.17, 15) is 13.2 Å². The van der Waals surface area contributed by atoms with Gasteiger partial charge in [0.05, 0.1) is 11.3 Å². The van der Waals surface area contributed by atoms with Crippen LogP contribution in [-0.2, 0) is 16.9 Å². The SMILES string of the molecule is CC(CS(C)(=O)=O)Nc1cc(=O)n(C)c2ccccc12. The zero-order valence-corrected chi connectivity index (χ0v) is 12.6. The van der Waals surface area contributed by atoms with Gasteiger partial charge in [0.25, 0.3) is 5.56 Å². The molecule has 0 aliphatic heterocycles. The molecule has 2 rings (SSSR count). The first-order chi connectivity index (χ1) is 9.28. The Labute approximate surface area is 118 Å². The fraction of sp³-hybridized carbons (Fsp3) is 0.357. The molecule has 1 atom stereocenters. The van der Waals surface area contributed by atoms with Crippen LogP contribution in [0, 0.1) is 0 Å². The summed E-state index contributed by atoms with van der Waals surface area (Å²) in [6.45, 7) is 1.79. The average Bonchev–Trinajstić information content (AvgIpc) is 2.33. The van der Waals surface area contributed by atoms with E-state index in [1.54, 1.807) is 18.5 Å². The van der Waals surface area contributed by atoms with Crippen LogP contribution in [0.2, 0.25) is 0 Å². The van der Waals surface area contributed by atoms with Gasteiger partial charge in [0.15, 0.2) is 0 Å². The summed E-state index contributed by atoms with van der Waals surface area (Å²) in [5, 5.41) is 4.02. The molecular weight excluding hydrogens is 276 g/mol. The molecule has 1 unspecified atom stereocenters. The minimum Gasteiger partial charge on any atom is -0.381 e. The average molecular weight is 294 g/mol. The van der Waals surface area contributed by atoms with Crippen LogP contribution in [0.3, 0.4) is 0 Å².